The maximum atomic E-state index is 10.2. The number of likely N-dealkylation sites (tertiary alicyclic amines) is 1. The molecule has 1 N–H and O–H groups in total. The standard InChI is InChI=1S/C11H20N2O.C2H6/c1-10(2,8-12)9(14)11(3)6-5-7-13(11)4;1-2/h9,14H,5-7H2,1-4H3;1-2H3. The van der Waals surface area contributed by atoms with Gasteiger partial charge in [0.1, 0.15) is 0 Å². The minimum Gasteiger partial charge on any atom is -0.390 e. The number of nitrogens with zero attached hydrogens (tertiary/aromatic N) is 2. The van der Waals surface area contributed by atoms with Crippen LogP contribution in [-0.4, -0.2) is 35.2 Å². The Morgan fingerprint density at radius 3 is 2.25 bits per heavy atom. The van der Waals surface area contributed by atoms with Crippen molar-refractivity contribution in [3.63, 3.8) is 0 Å². The lowest BCUT2D eigenvalue weighted by atomic mass is 9.76. The van der Waals surface area contributed by atoms with Crippen LogP contribution < -0.4 is 0 Å². The Bertz CT molecular complexity index is 257. The molecule has 1 rings (SSSR count). The number of hydrogen-bond acceptors (Lipinski definition) is 3. The molecule has 0 aromatic carbocycles. The fraction of sp³-hybridized carbons (Fsp3) is 0.923. The third kappa shape index (κ3) is 2.75. The van der Waals surface area contributed by atoms with Crippen LogP contribution in [0.15, 0.2) is 0 Å². The highest BCUT2D eigenvalue weighted by molar-refractivity contribution is 5.08. The summed E-state index contributed by atoms with van der Waals surface area (Å²) in [6.45, 7) is 10.7. The van der Waals surface area contributed by atoms with Gasteiger partial charge in [-0.25, -0.2) is 0 Å². The molecule has 0 saturated carbocycles. The predicted octanol–water partition coefficient (Wildman–Crippen LogP) is 2.41. The number of nitriles is 1. The van der Waals surface area contributed by atoms with E-state index in [0.29, 0.717) is 0 Å². The molecule has 3 nitrogen and oxygen atoms in total. The first-order valence-corrected chi connectivity index (χ1v) is 6.15. The Balaban J connectivity index is 0.00000106. The van der Waals surface area contributed by atoms with Crippen molar-refractivity contribution in [3.05, 3.63) is 0 Å². The molecule has 94 valence electrons. The first kappa shape index (κ1) is 15.4. The van der Waals surface area contributed by atoms with E-state index in [-0.39, 0.29) is 5.54 Å². The molecule has 0 aliphatic carbocycles. The third-order valence-electron chi connectivity index (χ3n) is 3.61. The number of aliphatic hydroxyl groups excluding tert-OH is 1. The molecule has 16 heavy (non-hydrogen) atoms. The first-order chi connectivity index (χ1) is 7.34. The molecular formula is C13H26N2O. The van der Waals surface area contributed by atoms with Gasteiger partial charge in [-0.2, -0.15) is 5.26 Å². The van der Waals surface area contributed by atoms with Crippen molar-refractivity contribution in [2.75, 3.05) is 13.6 Å². The second kappa shape index (κ2) is 5.65. The van der Waals surface area contributed by atoms with Crippen LogP contribution in [0.25, 0.3) is 0 Å². The van der Waals surface area contributed by atoms with Gasteiger partial charge in [0.25, 0.3) is 0 Å². The van der Waals surface area contributed by atoms with Gasteiger partial charge in [-0.05, 0) is 47.2 Å². The summed E-state index contributed by atoms with van der Waals surface area (Å²) in [5.74, 6) is 0. The minimum absolute atomic E-state index is 0.237. The topological polar surface area (TPSA) is 47.3 Å². The van der Waals surface area contributed by atoms with Crippen LogP contribution in [0.5, 0.6) is 0 Å². The van der Waals surface area contributed by atoms with E-state index >= 15 is 0 Å². The third-order valence-corrected chi connectivity index (χ3v) is 3.61. The monoisotopic (exact) mass is 226 g/mol. The molecule has 0 spiro atoms. The molecule has 2 unspecified atom stereocenters. The highest BCUT2D eigenvalue weighted by atomic mass is 16.3. The van der Waals surface area contributed by atoms with Crippen LogP contribution in [0.2, 0.25) is 0 Å². The van der Waals surface area contributed by atoms with E-state index in [1.165, 1.54) is 0 Å². The van der Waals surface area contributed by atoms with Crippen LogP contribution in [-0.2, 0) is 0 Å². The zero-order valence-electron chi connectivity index (χ0n) is 11.5. The Hall–Kier alpha value is -0.590. The van der Waals surface area contributed by atoms with E-state index in [4.69, 9.17) is 5.26 Å². The SMILES string of the molecule is CC.CN1CCCC1(C)C(O)C(C)(C)C#N. The van der Waals surface area contributed by atoms with Crippen LogP contribution in [0.1, 0.15) is 47.5 Å². The molecular weight excluding hydrogens is 200 g/mol. The molecule has 0 radical (unpaired) electrons. The molecule has 1 heterocycles. The fourth-order valence-corrected chi connectivity index (χ4v) is 2.30. The van der Waals surface area contributed by atoms with Crippen molar-refractivity contribution >= 4 is 0 Å². The summed E-state index contributed by atoms with van der Waals surface area (Å²) in [5, 5.41) is 19.2. The lowest BCUT2D eigenvalue weighted by Crippen LogP contribution is -2.54. The summed E-state index contributed by atoms with van der Waals surface area (Å²) in [7, 11) is 2.02. The largest absolute Gasteiger partial charge is 0.390 e. The molecule has 0 aromatic heterocycles. The quantitative estimate of drug-likeness (QED) is 0.786. The summed E-state index contributed by atoms with van der Waals surface area (Å²) in [5.41, 5.74) is -0.910. The number of likely N-dealkylation sites (N-methyl/N-ethyl adjacent to an activating group) is 1. The van der Waals surface area contributed by atoms with Gasteiger partial charge in [-0.15, -0.1) is 0 Å². The smallest absolute Gasteiger partial charge is 0.0901 e. The molecule has 1 aliphatic heterocycles. The van der Waals surface area contributed by atoms with Crippen LogP contribution in [0, 0.1) is 16.7 Å². The van der Waals surface area contributed by atoms with Gasteiger partial charge in [0.05, 0.1) is 17.6 Å². The van der Waals surface area contributed by atoms with Gasteiger partial charge in [0.15, 0.2) is 0 Å². The summed E-state index contributed by atoms with van der Waals surface area (Å²) in [6.07, 6.45) is 1.48. The van der Waals surface area contributed by atoms with Crippen molar-refractivity contribution < 1.29 is 5.11 Å². The van der Waals surface area contributed by atoms with E-state index < -0.39 is 11.5 Å². The average molecular weight is 226 g/mol. The summed E-state index contributed by atoms with van der Waals surface area (Å²) in [6, 6.07) is 2.19. The molecule has 0 bridgehead atoms. The van der Waals surface area contributed by atoms with Crippen molar-refractivity contribution in [2.24, 2.45) is 5.41 Å². The Morgan fingerprint density at radius 2 is 1.94 bits per heavy atom. The Labute approximate surface area is 100 Å². The van der Waals surface area contributed by atoms with E-state index in [0.717, 1.165) is 19.4 Å². The van der Waals surface area contributed by atoms with E-state index in [2.05, 4.69) is 11.0 Å². The van der Waals surface area contributed by atoms with Crippen molar-refractivity contribution in [3.8, 4) is 6.07 Å². The van der Waals surface area contributed by atoms with Crippen LogP contribution in [0.3, 0.4) is 0 Å². The second-order valence-corrected chi connectivity index (χ2v) is 5.12. The van der Waals surface area contributed by atoms with E-state index in [9.17, 15) is 5.11 Å². The Morgan fingerprint density at radius 1 is 1.44 bits per heavy atom. The lowest BCUT2D eigenvalue weighted by Gasteiger charge is -2.41. The lowest BCUT2D eigenvalue weighted by molar-refractivity contribution is -0.0356. The van der Waals surface area contributed by atoms with Crippen molar-refractivity contribution in [1.82, 2.24) is 4.90 Å². The molecule has 1 saturated heterocycles. The van der Waals surface area contributed by atoms with Crippen LogP contribution >= 0.6 is 0 Å². The first-order valence-electron chi connectivity index (χ1n) is 6.15. The minimum atomic E-state index is -0.673. The molecule has 1 aliphatic rings. The van der Waals surface area contributed by atoms with Gasteiger partial charge in [-0.3, -0.25) is 4.90 Å². The molecule has 3 heteroatoms. The van der Waals surface area contributed by atoms with Gasteiger partial charge in [0.2, 0.25) is 0 Å². The van der Waals surface area contributed by atoms with E-state index in [1.54, 1.807) is 13.8 Å². The maximum absolute atomic E-state index is 10.2. The van der Waals surface area contributed by atoms with Gasteiger partial charge in [-0.1, -0.05) is 13.8 Å². The van der Waals surface area contributed by atoms with Gasteiger partial charge in [0, 0.05) is 5.54 Å². The zero-order valence-corrected chi connectivity index (χ0v) is 11.5. The number of rotatable bonds is 2. The fourth-order valence-electron chi connectivity index (χ4n) is 2.30. The normalized spacial score (nSPS) is 27.9. The summed E-state index contributed by atoms with van der Waals surface area (Å²) < 4.78 is 0. The maximum Gasteiger partial charge on any atom is 0.0901 e. The van der Waals surface area contributed by atoms with E-state index in [1.807, 2.05) is 27.8 Å². The molecule has 1 fully saturated rings. The molecule has 2 atom stereocenters. The van der Waals surface area contributed by atoms with Gasteiger partial charge < -0.3 is 5.11 Å². The second-order valence-electron chi connectivity index (χ2n) is 5.12. The molecule has 0 aromatic rings. The zero-order chi connectivity index (χ0) is 13.0. The molecule has 0 amide bonds. The highest BCUT2D eigenvalue weighted by Gasteiger charge is 2.47. The Kier molecular flexibility index (Phi) is 5.44. The summed E-state index contributed by atoms with van der Waals surface area (Å²) in [4.78, 5) is 2.16. The highest BCUT2D eigenvalue weighted by Crippen LogP contribution is 2.38. The number of aliphatic hydroxyl groups is 1. The van der Waals surface area contributed by atoms with Crippen molar-refractivity contribution in [2.45, 2.75) is 59.1 Å². The predicted molar refractivity (Wildman–Crippen MR) is 67.0 cm³/mol. The summed E-state index contributed by atoms with van der Waals surface area (Å²) >= 11 is 0. The number of hydrogen-bond donors (Lipinski definition) is 1. The average Bonchev–Trinajstić information content (AvgIpc) is 2.62. The van der Waals surface area contributed by atoms with Gasteiger partial charge >= 0.3 is 0 Å². The van der Waals surface area contributed by atoms with Crippen LogP contribution in [0.4, 0.5) is 0 Å². The van der Waals surface area contributed by atoms with Crippen molar-refractivity contribution in [1.29, 1.82) is 5.26 Å².